The van der Waals surface area contributed by atoms with Gasteiger partial charge in [-0.25, -0.2) is 13.1 Å². The normalized spacial score (nSPS) is 13.8. The summed E-state index contributed by atoms with van der Waals surface area (Å²) < 4.78 is 27.9. The number of rotatable bonds is 5. The van der Waals surface area contributed by atoms with Crippen molar-refractivity contribution in [2.24, 2.45) is 0 Å². The van der Waals surface area contributed by atoms with Crippen molar-refractivity contribution in [2.45, 2.75) is 44.6 Å². The van der Waals surface area contributed by atoms with Gasteiger partial charge in [0, 0.05) is 11.0 Å². The summed E-state index contributed by atoms with van der Waals surface area (Å²) in [6.45, 7) is 7.30. The highest BCUT2D eigenvalue weighted by molar-refractivity contribution is 9.10. The van der Waals surface area contributed by atoms with E-state index in [0.717, 1.165) is 15.6 Å². The molecule has 0 heterocycles. The molecule has 6 heteroatoms. The van der Waals surface area contributed by atoms with Gasteiger partial charge in [-0.1, -0.05) is 29.8 Å². The van der Waals surface area contributed by atoms with E-state index in [1.807, 2.05) is 26.8 Å². The number of aliphatic hydroxyl groups excluding tert-OH is 1. The van der Waals surface area contributed by atoms with Crippen molar-refractivity contribution in [3.63, 3.8) is 0 Å². The Morgan fingerprint density at radius 3 is 2.37 bits per heavy atom. The van der Waals surface area contributed by atoms with E-state index < -0.39 is 16.1 Å². The summed E-state index contributed by atoms with van der Waals surface area (Å²) in [7, 11) is -3.60. The van der Waals surface area contributed by atoms with Crippen LogP contribution < -0.4 is 4.72 Å². The molecule has 1 atom stereocenters. The Morgan fingerprint density at radius 2 is 1.89 bits per heavy atom. The van der Waals surface area contributed by atoms with Gasteiger partial charge >= 0.3 is 0 Å². The van der Waals surface area contributed by atoms with Crippen LogP contribution in [0.1, 0.15) is 37.8 Å². The molecule has 108 valence electrons. The molecule has 2 N–H and O–H groups in total. The number of hydrogen-bond donors (Lipinski definition) is 2. The number of aryl methyl sites for hydroxylation is 1. The maximum absolute atomic E-state index is 12.3. The Morgan fingerprint density at radius 1 is 1.32 bits per heavy atom. The largest absolute Gasteiger partial charge is 0.392 e. The lowest BCUT2D eigenvalue weighted by molar-refractivity contribution is 0.198. The molecule has 0 aliphatic heterocycles. The van der Waals surface area contributed by atoms with Crippen molar-refractivity contribution >= 4 is 26.0 Å². The Kier molecular flexibility index (Phi) is 5.55. The van der Waals surface area contributed by atoms with Gasteiger partial charge in [0.05, 0.1) is 11.0 Å². The Hall–Kier alpha value is -0.430. The fourth-order valence-corrected chi connectivity index (χ4v) is 3.58. The summed E-state index contributed by atoms with van der Waals surface area (Å²) in [5, 5.41) is 9.21. The van der Waals surface area contributed by atoms with Crippen LogP contribution in [0.25, 0.3) is 0 Å². The van der Waals surface area contributed by atoms with Crippen molar-refractivity contribution < 1.29 is 13.5 Å². The van der Waals surface area contributed by atoms with Gasteiger partial charge in [0.1, 0.15) is 0 Å². The maximum atomic E-state index is 12.3. The highest BCUT2D eigenvalue weighted by Gasteiger charge is 2.21. The lowest BCUT2D eigenvalue weighted by atomic mass is 10.0. The highest BCUT2D eigenvalue weighted by atomic mass is 79.9. The van der Waals surface area contributed by atoms with Gasteiger partial charge < -0.3 is 5.11 Å². The Labute approximate surface area is 123 Å². The zero-order chi connectivity index (χ0) is 14.8. The summed E-state index contributed by atoms with van der Waals surface area (Å²) in [5.41, 5.74) is 1.62. The molecule has 0 spiro atoms. The molecule has 0 saturated carbocycles. The average molecular weight is 350 g/mol. The van der Waals surface area contributed by atoms with Gasteiger partial charge in [-0.05, 0) is 43.0 Å². The quantitative estimate of drug-likeness (QED) is 0.858. The molecule has 1 aromatic rings. The third kappa shape index (κ3) is 4.27. The molecule has 4 nitrogen and oxygen atoms in total. The Balaban J connectivity index is 3.28. The number of halogens is 1. The van der Waals surface area contributed by atoms with Gasteiger partial charge in [-0.3, -0.25) is 0 Å². The summed E-state index contributed by atoms with van der Waals surface area (Å²) in [6, 6.07) is 3.50. The van der Waals surface area contributed by atoms with E-state index in [9.17, 15) is 13.5 Å². The highest BCUT2D eigenvalue weighted by Crippen LogP contribution is 2.29. The summed E-state index contributed by atoms with van der Waals surface area (Å²) in [5.74, 6) is 0.0926. The summed E-state index contributed by atoms with van der Waals surface area (Å²) >= 11 is 3.42. The van der Waals surface area contributed by atoms with Crippen LogP contribution in [0.15, 0.2) is 21.5 Å². The molecule has 0 amide bonds. The molecule has 1 rings (SSSR count). The van der Waals surface area contributed by atoms with Gasteiger partial charge in [-0.15, -0.1) is 0 Å². The first-order valence-corrected chi connectivity index (χ1v) is 8.40. The molecule has 0 saturated heterocycles. The van der Waals surface area contributed by atoms with Gasteiger partial charge in [0.25, 0.3) is 0 Å². The second-order valence-corrected chi connectivity index (χ2v) is 7.58. The van der Waals surface area contributed by atoms with E-state index in [1.54, 1.807) is 13.0 Å². The number of nitrogens with one attached hydrogen (secondary N) is 1. The molecular formula is C13H20BrNO3S. The fraction of sp³-hybridized carbons (Fsp3) is 0.538. The second-order valence-electron chi connectivity index (χ2n) is 4.99. The van der Waals surface area contributed by atoms with E-state index in [2.05, 4.69) is 20.7 Å². The minimum Gasteiger partial charge on any atom is -0.392 e. The van der Waals surface area contributed by atoms with Crippen LogP contribution in [-0.2, 0) is 10.0 Å². The molecule has 1 unspecified atom stereocenters. The monoisotopic (exact) mass is 349 g/mol. The lowest BCUT2D eigenvalue weighted by Gasteiger charge is -2.16. The van der Waals surface area contributed by atoms with E-state index in [-0.39, 0.29) is 17.4 Å². The average Bonchev–Trinajstić information content (AvgIpc) is 2.29. The molecule has 0 fully saturated rings. The third-order valence-electron chi connectivity index (χ3n) is 2.77. The molecule has 0 bridgehead atoms. The first-order valence-electron chi connectivity index (χ1n) is 6.13. The molecule has 0 aliphatic rings. The zero-order valence-electron chi connectivity index (χ0n) is 11.6. The van der Waals surface area contributed by atoms with Gasteiger partial charge in [0.15, 0.2) is 0 Å². The van der Waals surface area contributed by atoms with Crippen LogP contribution in [-0.4, -0.2) is 26.2 Å². The van der Waals surface area contributed by atoms with Gasteiger partial charge in [0.2, 0.25) is 10.0 Å². The molecule has 19 heavy (non-hydrogen) atoms. The van der Waals surface area contributed by atoms with Gasteiger partial charge in [-0.2, -0.15) is 0 Å². The first kappa shape index (κ1) is 16.6. The zero-order valence-corrected chi connectivity index (χ0v) is 14.0. The van der Waals surface area contributed by atoms with E-state index >= 15 is 0 Å². The minimum atomic E-state index is -3.60. The van der Waals surface area contributed by atoms with Crippen molar-refractivity contribution in [2.75, 3.05) is 6.54 Å². The molecule has 0 aromatic heterocycles. The van der Waals surface area contributed by atoms with Crippen molar-refractivity contribution in [1.29, 1.82) is 0 Å². The number of aliphatic hydroxyl groups is 1. The van der Waals surface area contributed by atoms with Crippen molar-refractivity contribution in [3.05, 3.63) is 27.7 Å². The van der Waals surface area contributed by atoms with E-state index in [4.69, 9.17) is 0 Å². The van der Waals surface area contributed by atoms with Crippen LogP contribution in [0.4, 0.5) is 0 Å². The predicted molar refractivity (Wildman–Crippen MR) is 79.8 cm³/mol. The Bertz CT molecular complexity index is 553. The SMILES string of the molecule is Cc1cc(S(=O)(=O)NCC(C)O)c(C(C)C)cc1Br. The van der Waals surface area contributed by atoms with Crippen LogP contribution in [0.2, 0.25) is 0 Å². The second kappa shape index (κ2) is 6.35. The van der Waals surface area contributed by atoms with Crippen molar-refractivity contribution in [1.82, 2.24) is 4.72 Å². The molecule has 0 radical (unpaired) electrons. The number of benzene rings is 1. The third-order valence-corrected chi connectivity index (χ3v) is 5.10. The molecular weight excluding hydrogens is 330 g/mol. The van der Waals surface area contributed by atoms with Crippen LogP contribution in [0.3, 0.4) is 0 Å². The van der Waals surface area contributed by atoms with Crippen LogP contribution >= 0.6 is 15.9 Å². The minimum absolute atomic E-state index is 0.00891. The van der Waals surface area contributed by atoms with Crippen LogP contribution in [0.5, 0.6) is 0 Å². The molecule has 1 aromatic carbocycles. The predicted octanol–water partition coefficient (Wildman–Crippen LogP) is 2.54. The summed E-state index contributed by atoms with van der Waals surface area (Å²) in [6.07, 6.45) is -0.714. The van der Waals surface area contributed by atoms with Crippen molar-refractivity contribution in [3.8, 4) is 0 Å². The summed E-state index contributed by atoms with van der Waals surface area (Å²) in [4.78, 5) is 0.281. The topological polar surface area (TPSA) is 66.4 Å². The van der Waals surface area contributed by atoms with E-state index in [0.29, 0.717) is 0 Å². The smallest absolute Gasteiger partial charge is 0.240 e. The van der Waals surface area contributed by atoms with Crippen LogP contribution in [0, 0.1) is 6.92 Å². The standard InChI is InChI=1S/C13H20BrNO3S/c1-8(2)11-6-12(14)9(3)5-13(11)19(17,18)15-7-10(4)16/h5-6,8,10,15-16H,7H2,1-4H3. The fourth-order valence-electron chi connectivity index (χ4n) is 1.66. The van der Waals surface area contributed by atoms with E-state index in [1.165, 1.54) is 0 Å². The number of hydrogen-bond acceptors (Lipinski definition) is 3. The number of sulfonamides is 1. The molecule has 0 aliphatic carbocycles. The maximum Gasteiger partial charge on any atom is 0.240 e. The first-order chi connectivity index (χ1) is 8.65. The lowest BCUT2D eigenvalue weighted by Crippen LogP contribution is -2.31.